The van der Waals surface area contributed by atoms with Gasteiger partial charge in [-0.2, -0.15) is 0 Å². The Kier molecular flexibility index (Phi) is 3.66. The van der Waals surface area contributed by atoms with Crippen LogP contribution in [0.5, 0.6) is 0 Å². The third kappa shape index (κ3) is 2.96. The van der Waals surface area contributed by atoms with Crippen LogP contribution >= 0.6 is 0 Å². The summed E-state index contributed by atoms with van der Waals surface area (Å²) in [5.41, 5.74) is 0. The molecule has 0 N–H and O–H groups in total. The average Bonchev–Trinajstić information content (AvgIpc) is 2.98. The Morgan fingerprint density at radius 1 is 0.933 bits per heavy atom. The zero-order valence-corrected chi connectivity index (χ0v) is 9.87. The summed E-state index contributed by atoms with van der Waals surface area (Å²) in [7, 11) is 2.02. The first-order valence-electron chi connectivity index (χ1n) is 6.55. The number of amides is 1. The van der Waals surface area contributed by atoms with E-state index < -0.39 is 0 Å². The first kappa shape index (κ1) is 11.0. The minimum absolute atomic E-state index is 0.389. The maximum absolute atomic E-state index is 11.9. The second-order valence-corrected chi connectivity index (χ2v) is 5.22. The summed E-state index contributed by atoms with van der Waals surface area (Å²) in [6.45, 7) is 0. The number of hydrogen-bond donors (Lipinski definition) is 0. The van der Waals surface area contributed by atoms with Crippen LogP contribution in [0, 0.1) is 5.92 Å². The molecular formula is C13H23NO. The Morgan fingerprint density at radius 2 is 1.47 bits per heavy atom. The van der Waals surface area contributed by atoms with E-state index in [1.165, 1.54) is 44.9 Å². The van der Waals surface area contributed by atoms with Gasteiger partial charge in [-0.25, -0.2) is 0 Å². The minimum Gasteiger partial charge on any atom is -0.343 e. The minimum atomic E-state index is 0.389. The Balaban J connectivity index is 1.85. The predicted octanol–water partition coefficient (Wildman–Crippen LogP) is 2.97. The molecule has 0 saturated heterocycles. The first-order valence-corrected chi connectivity index (χ1v) is 6.55. The van der Waals surface area contributed by atoms with Crippen molar-refractivity contribution in [2.75, 3.05) is 7.05 Å². The zero-order chi connectivity index (χ0) is 10.7. The van der Waals surface area contributed by atoms with Gasteiger partial charge in [0.25, 0.3) is 0 Å². The van der Waals surface area contributed by atoms with Gasteiger partial charge in [0, 0.05) is 19.0 Å². The summed E-state index contributed by atoms with van der Waals surface area (Å²) in [5, 5.41) is 0. The van der Waals surface area contributed by atoms with Gasteiger partial charge in [0.2, 0.25) is 5.91 Å². The van der Waals surface area contributed by atoms with Crippen LogP contribution < -0.4 is 0 Å². The van der Waals surface area contributed by atoms with Crippen LogP contribution in [0.25, 0.3) is 0 Å². The summed E-state index contributed by atoms with van der Waals surface area (Å²) in [6, 6.07) is 0.540. The van der Waals surface area contributed by atoms with Crippen LogP contribution in [0.15, 0.2) is 0 Å². The molecule has 2 aliphatic carbocycles. The van der Waals surface area contributed by atoms with Crippen LogP contribution in [-0.2, 0) is 4.79 Å². The summed E-state index contributed by atoms with van der Waals surface area (Å²) in [6.07, 6.45) is 11.5. The maximum atomic E-state index is 11.9. The van der Waals surface area contributed by atoms with Gasteiger partial charge in [-0.1, -0.05) is 32.1 Å². The van der Waals surface area contributed by atoms with Crippen molar-refractivity contribution in [1.82, 2.24) is 4.90 Å². The highest BCUT2D eigenvalue weighted by molar-refractivity contribution is 5.81. The number of carbonyl (C=O) groups excluding carboxylic acids is 1. The average molecular weight is 209 g/mol. The molecule has 0 spiro atoms. The van der Waals surface area contributed by atoms with Crippen molar-refractivity contribution in [3.63, 3.8) is 0 Å². The largest absolute Gasteiger partial charge is 0.343 e. The molecule has 15 heavy (non-hydrogen) atoms. The highest BCUT2D eigenvalue weighted by atomic mass is 16.2. The predicted molar refractivity (Wildman–Crippen MR) is 61.6 cm³/mol. The number of hydrogen-bond acceptors (Lipinski definition) is 1. The summed E-state index contributed by atoms with van der Waals surface area (Å²) < 4.78 is 0. The number of nitrogens with zero attached hydrogens (tertiary/aromatic N) is 1. The molecule has 0 aliphatic heterocycles. The molecule has 2 fully saturated rings. The zero-order valence-electron chi connectivity index (χ0n) is 9.87. The van der Waals surface area contributed by atoms with Crippen molar-refractivity contribution >= 4 is 5.91 Å². The van der Waals surface area contributed by atoms with Gasteiger partial charge in [0.05, 0.1) is 0 Å². The van der Waals surface area contributed by atoms with Crippen molar-refractivity contribution in [1.29, 1.82) is 0 Å². The van der Waals surface area contributed by atoms with E-state index in [1.807, 2.05) is 7.05 Å². The molecule has 2 heteroatoms. The lowest BCUT2D eigenvalue weighted by Crippen LogP contribution is -2.38. The van der Waals surface area contributed by atoms with Gasteiger partial charge < -0.3 is 4.90 Å². The van der Waals surface area contributed by atoms with Crippen LogP contribution in [0.1, 0.15) is 57.8 Å². The van der Waals surface area contributed by atoms with Crippen LogP contribution in [0.4, 0.5) is 0 Å². The number of carbonyl (C=O) groups is 1. The standard InChI is InChI=1S/C13H23NO/c1-14(13(15)11-9-10-11)12-7-5-3-2-4-6-8-12/h11-12H,2-10H2,1H3. The van der Waals surface area contributed by atoms with Crippen molar-refractivity contribution in [3.05, 3.63) is 0 Å². The molecule has 2 saturated carbocycles. The van der Waals surface area contributed by atoms with Crippen molar-refractivity contribution in [2.45, 2.75) is 63.8 Å². The lowest BCUT2D eigenvalue weighted by atomic mass is 9.95. The van der Waals surface area contributed by atoms with Gasteiger partial charge in [-0.3, -0.25) is 4.79 Å². The Labute approximate surface area is 93.0 Å². The third-order valence-electron chi connectivity index (χ3n) is 3.90. The van der Waals surface area contributed by atoms with E-state index in [0.717, 1.165) is 12.8 Å². The molecule has 0 unspecified atom stereocenters. The Hall–Kier alpha value is -0.530. The van der Waals surface area contributed by atoms with E-state index in [-0.39, 0.29) is 0 Å². The maximum Gasteiger partial charge on any atom is 0.225 e. The summed E-state index contributed by atoms with van der Waals surface area (Å²) in [4.78, 5) is 14.0. The van der Waals surface area contributed by atoms with Crippen molar-refractivity contribution in [2.24, 2.45) is 5.92 Å². The van der Waals surface area contributed by atoms with Crippen LogP contribution in [-0.4, -0.2) is 23.9 Å². The fraction of sp³-hybridized carbons (Fsp3) is 0.923. The van der Waals surface area contributed by atoms with Crippen LogP contribution in [0.2, 0.25) is 0 Å². The van der Waals surface area contributed by atoms with Crippen LogP contribution in [0.3, 0.4) is 0 Å². The van der Waals surface area contributed by atoms with Gasteiger partial charge >= 0.3 is 0 Å². The SMILES string of the molecule is CN(C(=O)C1CC1)C1CCCCCCC1. The fourth-order valence-electron chi connectivity index (χ4n) is 2.62. The van der Waals surface area contributed by atoms with Gasteiger partial charge in [-0.05, 0) is 25.7 Å². The monoisotopic (exact) mass is 209 g/mol. The molecule has 86 valence electrons. The summed E-state index contributed by atoms with van der Waals surface area (Å²) >= 11 is 0. The molecule has 0 aromatic carbocycles. The van der Waals surface area contributed by atoms with Gasteiger partial charge in [-0.15, -0.1) is 0 Å². The third-order valence-corrected chi connectivity index (χ3v) is 3.90. The van der Waals surface area contributed by atoms with E-state index in [9.17, 15) is 4.79 Å². The van der Waals surface area contributed by atoms with Crippen molar-refractivity contribution in [3.8, 4) is 0 Å². The van der Waals surface area contributed by atoms with E-state index in [4.69, 9.17) is 0 Å². The second-order valence-electron chi connectivity index (χ2n) is 5.22. The molecule has 2 rings (SSSR count). The van der Waals surface area contributed by atoms with E-state index in [2.05, 4.69) is 4.90 Å². The Bertz CT molecular complexity index is 215. The fourth-order valence-corrected chi connectivity index (χ4v) is 2.62. The smallest absolute Gasteiger partial charge is 0.225 e. The molecule has 2 nitrogen and oxygen atoms in total. The highest BCUT2D eigenvalue weighted by Crippen LogP contribution is 2.32. The molecule has 0 atom stereocenters. The topological polar surface area (TPSA) is 20.3 Å². The number of rotatable bonds is 2. The molecule has 0 aromatic heterocycles. The van der Waals surface area contributed by atoms with Crippen molar-refractivity contribution < 1.29 is 4.79 Å². The van der Waals surface area contributed by atoms with Gasteiger partial charge in [0.15, 0.2) is 0 Å². The quantitative estimate of drug-likeness (QED) is 0.684. The first-order chi connectivity index (χ1) is 7.29. The molecule has 0 heterocycles. The molecule has 0 radical (unpaired) electrons. The second kappa shape index (κ2) is 5.00. The van der Waals surface area contributed by atoms with E-state index in [1.54, 1.807) is 0 Å². The lowest BCUT2D eigenvalue weighted by molar-refractivity contribution is -0.133. The molecular weight excluding hydrogens is 186 g/mol. The molecule has 0 aromatic rings. The lowest BCUT2D eigenvalue weighted by Gasteiger charge is -2.29. The van der Waals surface area contributed by atoms with E-state index >= 15 is 0 Å². The molecule has 2 aliphatic rings. The highest BCUT2D eigenvalue weighted by Gasteiger charge is 2.34. The van der Waals surface area contributed by atoms with E-state index in [0.29, 0.717) is 17.9 Å². The summed E-state index contributed by atoms with van der Waals surface area (Å²) in [5.74, 6) is 0.806. The molecule has 1 amide bonds. The van der Waals surface area contributed by atoms with Gasteiger partial charge in [0.1, 0.15) is 0 Å². The molecule has 0 bridgehead atoms. The Morgan fingerprint density at radius 3 is 2.00 bits per heavy atom. The normalized spacial score (nSPS) is 24.3.